The molecule has 1 aromatic carbocycles. The number of benzene rings is 1. The Hall–Kier alpha value is -1.00. The molecule has 2 aliphatic heterocycles. The Morgan fingerprint density at radius 2 is 2.12 bits per heavy atom. The lowest BCUT2D eigenvalue weighted by Gasteiger charge is -2.08. The van der Waals surface area contributed by atoms with Crippen molar-refractivity contribution < 1.29 is 0 Å². The molecule has 0 aromatic heterocycles. The number of nitrogens with zero attached hydrogens (tertiary/aromatic N) is 2. The van der Waals surface area contributed by atoms with Gasteiger partial charge in [0.1, 0.15) is 6.04 Å². The van der Waals surface area contributed by atoms with Gasteiger partial charge in [-0.2, -0.15) is 0 Å². The topological polar surface area (TPSA) is 24.7 Å². The molecule has 2 heterocycles. The molecule has 0 bridgehead atoms. The SMILES string of the molecule is C1=NC(C2=NCCS2)/C(=C/c2ccccc2)S1. The molecule has 1 atom stereocenters. The number of rotatable bonds is 2. The highest BCUT2D eigenvalue weighted by molar-refractivity contribution is 8.17. The van der Waals surface area contributed by atoms with Crippen LogP contribution in [0.4, 0.5) is 0 Å². The van der Waals surface area contributed by atoms with Gasteiger partial charge in [-0.1, -0.05) is 42.1 Å². The minimum absolute atomic E-state index is 0.160. The standard InChI is InChI=1S/C13H12N2S2/c1-2-4-10(5-3-1)8-11-12(15-9-17-11)13-14-6-7-16-13/h1-5,8-9,12H,6-7H2/b11-8-. The molecule has 4 heteroatoms. The second-order valence-electron chi connectivity index (χ2n) is 3.80. The number of thioether (sulfide) groups is 2. The van der Waals surface area contributed by atoms with Gasteiger partial charge in [0, 0.05) is 17.2 Å². The van der Waals surface area contributed by atoms with Crippen LogP contribution in [0.5, 0.6) is 0 Å². The smallest absolute Gasteiger partial charge is 0.129 e. The van der Waals surface area contributed by atoms with Crippen molar-refractivity contribution in [3.05, 3.63) is 40.8 Å². The molecule has 0 saturated heterocycles. The molecule has 1 aromatic rings. The van der Waals surface area contributed by atoms with E-state index in [1.807, 2.05) is 23.4 Å². The molecule has 0 amide bonds. The third kappa shape index (κ3) is 2.48. The predicted molar refractivity (Wildman–Crippen MR) is 79.1 cm³/mol. The first-order valence-electron chi connectivity index (χ1n) is 5.55. The van der Waals surface area contributed by atoms with Crippen molar-refractivity contribution in [2.75, 3.05) is 12.3 Å². The van der Waals surface area contributed by atoms with Crippen LogP contribution < -0.4 is 0 Å². The highest BCUT2D eigenvalue weighted by atomic mass is 32.2. The fraction of sp³-hybridized carbons (Fsp3) is 0.231. The first-order valence-corrected chi connectivity index (χ1v) is 7.42. The Bertz CT molecular complexity index is 491. The van der Waals surface area contributed by atoms with Crippen LogP contribution in [0.1, 0.15) is 5.56 Å². The molecule has 17 heavy (non-hydrogen) atoms. The Morgan fingerprint density at radius 1 is 1.24 bits per heavy atom. The summed E-state index contributed by atoms with van der Waals surface area (Å²) >= 11 is 3.54. The van der Waals surface area contributed by atoms with Gasteiger partial charge in [0.15, 0.2) is 0 Å². The van der Waals surface area contributed by atoms with Crippen LogP contribution in [0, 0.1) is 0 Å². The normalized spacial score (nSPS) is 25.5. The lowest BCUT2D eigenvalue weighted by atomic mass is 10.2. The molecule has 2 nitrogen and oxygen atoms in total. The summed E-state index contributed by atoms with van der Waals surface area (Å²) in [5.74, 6) is 1.10. The third-order valence-corrected chi connectivity index (χ3v) is 4.49. The number of aliphatic imine (C=N–C) groups is 2. The third-order valence-electron chi connectivity index (χ3n) is 2.62. The van der Waals surface area contributed by atoms with Crippen molar-refractivity contribution in [1.29, 1.82) is 0 Å². The van der Waals surface area contributed by atoms with E-state index in [2.05, 4.69) is 40.3 Å². The van der Waals surface area contributed by atoms with E-state index in [9.17, 15) is 0 Å². The molecule has 1 unspecified atom stereocenters. The molecule has 0 saturated carbocycles. The van der Waals surface area contributed by atoms with Crippen molar-refractivity contribution >= 4 is 40.2 Å². The molecule has 2 aliphatic rings. The van der Waals surface area contributed by atoms with Crippen LogP contribution >= 0.6 is 23.5 Å². The molecule has 0 spiro atoms. The molecular weight excluding hydrogens is 248 g/mol. The van der Waals surface area contributed by atoms with Crippen molar-refractivity contribution in [2.45, 2.75) is 6.04 Å². The average Bonchev–Trinajstić information content (AvgIpc) is 3.00. The van der Waals surface area contributed by atoms with E-state index in [4.69, 9.17) is 0 Å². The van der Waals surface area contributed by atoms with Gasteiger partial charge in [0.25, 0.3) is 0 Å². The van der Waals surface area contributed by atoms with Crippen molar-refractivity contribution in [3.8, 4) is 0 Å². The van der Waals surface area contributed by atoms with Gasteiger partial charge in [-0.3, -0.25) is 9.98 Å². The largest absolute Gasteiger partial charge is 0.279 e. The lowest BCUT2D eigenvalue weighted by molar-refractivity contribution is 1.08. The summed E-state index contributed by atoms with van der Waals surface area (Å²) in [5, 5.41) is 1.17. The lowest BCUT2D eigenvalue weighted by Crippen LogP contribution is -2.12. The van der Waals surface area contributed by atoms with E-state index in [0.29, 0.717) is 0 Å². The summed E-state index contributed by atoms with van der Waals surface area (Å²) in [6.07, 6.45) is 2.21. The van der Waals surface area contributed by atoms with Crippen LogP contribution in [0.2, 0.25) is 0 Å². The first kappa shape index (κ1) is 11.1. The summed E-state index contributed by atoms with van der Waals surface area (Å²) < 4.78 is 0. The second kappa shape index (κ2) is 5.10. The van der Waals surface area contributed by atoms with Gasteiger partial charge >= 0.3 is 0 Å². The molecule has 86 valence electrons. The zero-order valence-electron chi connectivity index (χ0n) is 9.24. The first-order chi connectivity index (χ1) is 8.43. The van der Waals surface area contributed by atoms with E-state index in [-0.39, 0.29) is 6.04 Å². The summed E-state index contributed by atoms with van der Waals surface area (Å²) in [6, 6.07) is 10.5. The van der Waals surface area contributed by atoms with E-state index in [1.54, 1.807) is 11.8 Å². The van der Waals surface area contributed by atoms with E-state index in [1.165, 1.54) is 15.5 Å². The minimum Gasteiger partial charge on any atom is -0.279 e. The predicted octanol–water partition coefficient (Wildman–Crippen LogP) is 3.32. The van der Waals surface area contributed by atoms with Gasteiger partial charge in [0.05, 0.1) is 10.6 Å². The van der Waals surface area contributed by atoms with Crippen molar-refractivity contribution in [1.82, 2.24) is 0 Å². The summed E-state index contributed by atoms with van der Waals surface area (Å²) in [6.45, 7) is 0.940. The van der Waals surface area contributed by atoms with Gasteiger partial charge in [0.2, 0.25) is 0 Å². The van der Waals surface area contributed by atoms with Gasteiger partial charge in [-0.05, 0) is 11.6 Å². The van der Waals surface area contributed by atoms with Crippen molar-refractivity contribution in [3.63, 3.8) is 0 Å². The van der Waals surface area contributed by atoms with Crippen LogP contribution in [-0.4, -0.2) is 28.9 Å². The maximum Gasteiger partial charge on any atom is 0.129 e. The van der Waals surface area contributed by atoms with Gasteiger partial charge in [-0.15, -0.1) is 11.8 Å². The highest BCUT2D eigenvalue weighted by Crippen LogP contribution is 2.33. The number of hydrogen-bond acceptors (Lipinski definition) is 4. The summed E-state index contributed by atoms with van der Waals surface area (Å²) in [7, 11) is 0. The van der Waals surface area contributed by atoms with E-state index >= 15 is 0 Å². The van der Waals surface area contributed by atoms with Crippen LogP contribution in [0.3, 0.4) is 0 Å². The molecule has 0 aliphatic carbocycles. The summed E-state index contributed by atoms with van der Waals surface area (Å²) in [4.78, 5) is 10.3. The quantitative estimate of drug-likeness (QED) is 0.815. The molecular formula is C13H12N2S2. The zero-order valence-corrected chi connectivity index (χ0v) is 10.9. The molecule has 0 radical (unpaired) electrons. The summed E-state index contributed by atoms with van der Waals surface area (Å²) in [5.41, 5.74) is 3.16. The van der Waals surface area contributed by atoms with E-state index in [0.717, 1.165) is 12.3 Å². The fourth-order valence-corrected chi connectivity index (χ4v) is 3.62. The maximum atomic E-state index is 4.52. The fourth-order valence-electron chi connectivity index (χ4n) is 1.82. The van der Waals surface area contributed by atoms with E-state index < -0.39 is 0 Å². The van der Waals surface area contributed by atoms with Crippen LogP contribution in [0.25, 0.3) is 6.08 Å². The molecule has 0 fully saturated rings. The van der Waals surface area contributed by atoms with Crippen LogP contribution in [0.15, 0.2) is 45.2 Å². The Labute approximate surface area is 109 Å². The monoisotopic (exact) mass is 260 g/mol. The Balaban J connectivity index is 1.86. The minimum atomic E-state index is 0.160. The Morgan fingerprint density at radius 3 is 2.88 bits per heavy atom. The second-order valence-corrected chi connectivity index (χ2v) is 5.83. The molecule has 3 rings (SSSR count). The van der Waals surface area contributed by atoms with Gasteiger partial charge < -0.3 is 0 Å². The maximum absolute atomic E-state index is 4.52. The van der Waals surface area contributed by atoms with Crippen LogP contribution in [-0.2, 0) is 0 Å². The van der Waals surface area contributed by atoms with Gasteiger partial charge in [-0.25, -0.2) is 0 Å². The average molecular weight is 260 g/mol. The Kier molecular flexibility index (Phi) is 3.34. The zero-order chi connectivity index (χ0) is 11.5. The number of hydrogen-bond donors (Lipinski definition) is 0. The molecule has 0 N–H and O–H groups in total. The van der Waals surface area contributed by atoms with Crippen molar-refractivity contribution in [2.24, 2.45) is 9.98 Å². The highest BCUT2D eigenvalue weighted by Gasteiger charge is 2.25.